The number of hydrogen-bond acceptors (Lipinski definition) is 5. The van der Waals surface area contributed by atoms with Crippen LogP contribution >= 0.6 is 11.3 Å². The highest BCUT2D eigenvalue weighted by molar-refractivity contribution is 7.09. The van der Waals surface area contributed by atoms with E-state index < -0.39 is 0 Å². The molecule has 36 heavy (non-hydrogen) atoms. The minimum atomic E-state index is -0.301. The first kappa shape index (κ1) is 25.4. The maximum absolute atomic E-state index is 12.8. The van der Waals surface area contributed by atoms with Crippen molar-refractivity contribution in [3.63, 3.8) is 0 Å². The van der Waals surface area contributed by atoms with E-state index in [-0.39, 0.29) is 18.4 Å². The van der Waals surface area contributed by atoms with Gasteiger partial charge in [0.25, 0.3) is 5.91 Å². The fraction of sp³-hybridized carbons (Fsp3) is 0.321. The highest BCUT2D eigenvalue weighted by Gasteiger charge is 2.19. The van der Waals surface area contributed by atoms with Crippen LogP contribution < -0.4 is 15.4 Å². The van der Waals surface area contributed by atoms with Crippen molar-refractivity contribution in [2.75, 3.05) is 19.7 Å². The smallest absolute Gasteiger partial charge is 0.251 e. The summed E-state index contributed by atoms with van der Waals surface area (Å²) in [5.74, 6) is 1.19. The minimum Gasteiger partial charge on any atom is -0.492 e. The number of rotatable bonds is 12. The van der Waals surface area contributed by atoms with Crippen LogP contribution in [-0.4, -0.2) is 41.1 Å². The molecule has 0 aliphatic carbocycles. The van der Waals surface area contributed by atoms with E-state index in [9.17, 15) is 9.59 Å². The maximum Gasteiger partial charge on any atom is 0.251 e. The van der Waals surface area contributed by atoms with Crippen molar-refractivity contribution in [1.82, 2.24) is 20.2 Å². The molecule has 0 radical (unpaired) electrons. The quantitative estimate of drug-likeness (QED) is 0.267. The molecule has 2 heterocycles. The zero-order valence-corrected chi connectivity index (χ0v) is 21.5. The summed E-state index contributed by atoms with van der Waals surface area (Å²) in [5, 5.41) is 7.53. The summed E-state index contributed by atoms with van der Waals surface area (Å²) in [7, 11) is 0. The van der Waals surface area contributed by atoms with E-state index in [1.54, 1.807) is 17.4 Å². The summed E-state index contributed by atoms with van der Waals surface area (Å²) in [5.41, 5.74) is 2.31. The van der Waals surface area contributed by atoms with Crippen LogP contribution in [0.2, 0.25) is 0 Å². The molecular formula is C28H32N4O3S. The van der Waals surface area contributed by atoms with E-state index >= 15 is 0 Å². The predicted molar refractivity (Wildman–Crippen MR) is 144 cm³/mol. The van der Waals surface area contributed by atoms with Gasteiger partial charge in [0, 0.05) is 22.9 Å². The van der Waals surface area contributed by atoms with Gasteiger partial charge in [-0.2, -0.15) is 0 Å². The number of imidazole rings is 1. The molecule has 2 aromatic heterocycles. The van der Waals surface area contributed by atoms with Gasteiger partial charge in [-0.05, 0) is 54.6 Å². The molecular weight excluding hydrogens is 472 g/mol. The van der Waals surface area contributed by atoms with Crippen LogP contribution in [-0.2, 0) is 11.2 Å². The van der Waals surface area contributed by atoms with Crippen molar-refractivity contribution < 1.29 is 14.3 Å². The Morgan fingerprint density at radius 2 is 1.83 bits per heavy atom. The summed E-state index contributed by atoms with van der Waals surface area (Å²) in [6.45, 7) is 4.99. The van der Waals surface area contributed by atoms with Crippen LogP contribution in [0.1, 0.15) is 53.8 Å². The van der Waals surface area contributed by atoms with Gasteiger partial charge < -0.3 is 19.9 Å². The van der Waals surface area contributed by atoms with Gasteiger partial charge in [-0.1, -0.05) is 38.1 Å². The summed E-state index contributed by atoms with van der Waals surface area (Å²) >= 11 is 1.72. The minimum absolute atomic E-state index is 0.103. The molecule has 0 bridgehead atoms. The van der Waals surface area contributed by atoms with Gasteiger partial charge in [0.1, 0.15) is 18.2 Å². The largest absolute Gasteiger partial charge is 0.492 e. The number of ether oxygens (including phenoxy) is 1. The first-order valence-electron chi connectivity index (χ1n) is 12.3. The van der Waals surface area contributed by atoms with E-state index in [1.807, 2.05) is 42.5 Å². The van der Waals surface area contributed by atoms with Crippen molar-refractivity contribution in [2.45, 2.75) is 39.2 Å². The van der Waals surface area contributed by atoms with Crippen molar-refractivity contribution in [1.29, 1.82) is 0 Å². The molecule has 0 aliphatic rings. The lowest BCUT2D eigenvalue weighted by Gasteiger charge is -2.18. The zero-order chi connectivity index (χ0) is 25.3. The Kier molecular flexibility index (Phi) is 8.73. The predicted octanol–water partition coefficient (Wildman–Crippen LogP) is 4.97. The molecule has 188 valence electrons. The van der Waals surface area contributed by atoms with Gasteiger partial charge in [-0.3, -0.25) is 9.59 Å². The topological polar surface area (TPSA) is 85.2 Å². The molecule has 0 atom stereocenters. The molecule has 4 aromatic rings. The Morgan fingerprint density at radius 1 is 1.03 bits per heavy atom. The van der Waals surface area contributed by atoms with Crippen LogP contribution in [0, 0.1) is 0 Å². The van der Waals surface area contributed by atoms with Gasteiger partial charge in [0.2, 0.25) is 5.91 Å². The van der Waals surface area contributed by atoms with Crippen LogP contribution in [0.25, 0.3) is 11.0 Å². The first-order valence-corrected chi connectivity index (χ1v) is 13.2. The third-order valence-electron chi connectivity index (χ3n) is 6.09. The molecule has 4 rings (SSSR count). The summed E-state index contributed by atoms with van der Waals surface area (Å²) in [6, 6.07) is 19.5. The van der Waals surface area contributed by atoms with Gasteiger partial charge in [0.05, 0.1) is 24.1 Å². The third kappa shape index (κ3) is 6.31. The molecule has 0 unspecified atom stereocenters. The normalized spacial score (nSPS) is 11.1. The number of carbonyl (C=O) groups excluding carboxylic acids is 2. The number of aromatic nitrogens is 2. The lowest BCUT2D eigenvalue weighted by atomic mass is 10.1. The number of nitrogens with zero attached hydrogens (tertiary/aromatic N) is 2. The summed E-state index contributed by atoms with van der Waals surface area (Å²) in [4.78, 5) is 31.1. The van der Waals surface area contributed by atoms with Gasteiger partial charge in [0.15, 0.2) is 0 Å². The van der Waals surface area contributed by atoms with Crippen molar-refractivity contribution >= 4 is 34.2 Å². The molecule has 7 nitrogen and oxygen atoms in total. The highest BCUT2D eigenvalue weighted by atomic mass is 32.1. The number of thiophene rings is 1. The van der Waals surface area contributed by atoms with E-state index in [2.05, 4.69) is 46.6 Å². The zero-order valence-electron chi connectivity index (χ0n) is 20.7. The average Bonchev–Trinajstić information content (AvgIpc) is 3.54. The van der Waals surface area contributed by atoms with E-state index in [0.29, 0.717) is 24.8 Å². The molecule has 8 heteroatoms. The van der Waals surface area contributed by atoms with Crippen LogP contribution in [0.3, 0.4) is 0 Å². The van der Waals surface area contributed by atoms with E-state index in [1.165, 1.54) is 4.88 Å². The Hall–Kier alpha value is -3.65. The summed E-state index contributed by atoms with van der Waals surface area (Å²) < 4.78 is 7.88. The second-order valence-electron chi connectivity index (χ2n) is 8.52. The molecule has 0 saturated heterocycles. The number of benzene rings is 2. The Labute approximate surface area is 215 Å². The van der Waals surface area contributed by atoms with Gasteiger partial charge >= 0.3 is 0 Å². The monoisotopic (exact) mass is 504 g/mol. The Bertz CT molecular complexity index is 1280. The number of para-hydroxylation sites is 1. The van der Waals surface area contributed by atoms with Crippen molar-refractivity contribution in [3.8, 4) is 5.75 Å². The SMILES string of the molecule is CCC(CC)n1c(Cc2cccs2)nc2cc(C(=O)NCC(=O)NCCOc3ccccc3)ccc21. The number of amides is 2. The fourth-order valence-corrected chi connectivity index (χ4v) is 4.95. The average molecular weight is 505 g/mol. The van der Waals surface area contributed by atoms with Gasteiger partial charge in [-0.25, -0.2) is 4.98 Å². The van der Waals surface area contributed by atoms with Crippen molar-refractivity contribution in [3.05, 3.63) is 82.3 Å². The number of fused-ring (bicyclic) bond motifs is 1. The van der Waals surface area contributed by atoms with E-state index in [4.69, 9.17) is 9.72 Å². The molecule has 0 saturated carbocycles. The Morgan fingerprint density at radius 3 is 2.56 bits per heavy atom. The third-order valence-corrected chi connectivity index (χ3v) is 6.97. The number of nitrogens with one attached hydrogen (secondary N) is 2. The second kappa shape index (κ2) is 12.4. The summed E-state index contributed by atoms with van der Waals surface area (Å²) in [6.07, 6.45) is 2.78. The number of hydrogen-bond donors (Lipinski definition) is 2. The molecule has 0 aliphatic heterocycles. The van der Waals surface area contributed by atoms with Gasteiger partial charge in [-0.15, -0.1) is 11.3 Å². The highest BCUT2D eigenvalue weighted by Crippen LogP contribution is 2.28. The maximum atomic E-state index is 12.8. The van der Waals surface area contributed by atoms with Crippen molar-refractivity contribution in [2.24, 2.45) is 0 Å². The van der Waals surface area contributed by atoms with E-state index in [0.717, 1.165) is 41.9 Å². The fourth-order valence-electron chi connectivity index (χ4n) is 4.25. The van der Waals surface area contributed by atoms with Crippen LogP contribution in [0.15, 0.2) is 66.0 Å². The molecule has 2 aromatic carbocycles. The second-order valence-corrected chi connectivity index (χ2v) is 9.55. The molecule has 0 spiro atoms. The standard InChI is InChI=1S/C28H32N4O3S/c1-3-21(4-2)32-25-13-12-20(17-24(25)31-26(32)18-23-11-8-16-36-23)28(34)30-19-27(33)29-14-15-35-22-9-6-5-7-10-22/h5-13,16-17,21H,3-4,14-15,18-19H2,1-2H3,(H,29,33)(H,30,34). The Balaban J connectivity index is 1.37. The lowest BCUT2D eigenvalue weighted by Crippen LogP contribution is -2.38. The lowest BCUT2D eigenvalue weighted by molar-refractivity contribution is -0.120. The van der Waals surface area contributed by atoms with Crippen LogP contribution in [0.4, 0.5) is 0 Å². The number of carbonyl (C=O) groups is 2. The molecule has 0 fully saturated rings. The molecule has 2 N–H and O–H groups in total. The van der Waals surface area contributed by atoms with Crippen LogP contribution in [0.5, 0.6) is 5.75 Å². The molecule has 2 amide bonds. The first-order chi connectivity index (χ1) is 17.6.